The average molecular weight is 525 g/mol. The Morgan fingerprint density at radius 2 is 1.78 bits per heavy atom. The lowest BCUT2D eigenvalue weighted by Crippen LogP contribution is -2.12. The van der Waals surface area contributed by atoms with Crippen molar-refractivity contribution in [3.63, 3.8) is 0 Å². The van der Waals surface area contributed by atoms with Crippen molar-refractivity contribution in [2.24, 2.45) is 0 Å². The molecule has 0 radical (unpaired) electrons. The van der Waals surface area contributed by atoms with E-state index in [0.29, 0.717) is 51.4 Å². The van der Waals surface area contributed by atoms with Gasteiger partial charge < -0.3 is 9.47 Å². The van der Waals surface area contributed by atoms with Crippen molar-refractivity contribution in [1.29, 1.82) is 0 Å². The molecular weight excluding hydrogens is 503 g/mol. The van der Waals surface area contributed by atoms with Crippen LogP contribution in [0.3, 0.4) is 0 Å². The SMILES string of the molecule is CCOc1cc(Br)c([C@H](C[N+](=O)[O-])Sc2nnc(C)n2-c2ccc(F)cc2)cc1OCC. The van der Waals surface area contributed by atoms with E-state index >= 15 is 0 Å². The Labute approximate surface area is 197 Å². The van der Waals surface area contributed by atoms with Crippen LogP contribution in [-0.2, 0) is 0 Å². The maximum absolute atomic E-state index is 13.4. The minimum absolute atomic E-state index is 0.349. The summed E-state index contributed by atoms with van der Waals surface area (Å²) >= 11 is 4.73. The molecule has 0 fully saturated rings. The predicted molar refractivity (Wildman–Crippen MR) is 123 cm³/mol. The van der Waals surface area contributed by atoms with E-state index < -0.39 is 5.25 Å². The van der Waals surface area contributed by atoms with Crippen molar-refractivity contribution in [3.05, 3.63) is 68.2 Å². The fourth-order valence-corrected chi connectivity index (χ4v) is 5.06. The van der Waals surface area contributed by atoms with Gasteiger partial charge in [-0.3, -0.25) is 14.7 Å². The lowest BCUT2D eigenvalue weighted by atomic mass is 10.1. The summed E-state index contributed by atoms with van der Waals surface area (Å²) in [5.74, 6) is 1.29. The molecule has 0 unspecified atom stereocenters. The highest BCUT2D eigenvalue weighted by Gasteiger charge is 2.27. The number of halogens is 2. The second-order valence-corrected chi connectivity index (χ2v) is 8.67. The van der Waals surface area contributed by atoms with Gasteiger partial charge >= 0.3 is 0 Å². The van der Waals surface area contributed by atoms with Crippen LogP contribution in [0.2, 0.25) is 0 Å². The molecule has 0 spiro atoms. The number of nitro groups is 1. The highest BCUT2D eigenvalue weighted by molar-refractivity contribution is 9.10. The Morgan fingerprint density at radius 3 is 2.38 bits per heavy atom. The Balaban J connectivity index is 2.03. The zero-order valence-electron chi connectivity index (χ0n) is 17.7. The van der Waals surface area contributed by atoms with E-state index in [-0.39, 0.29) is 17.3 Å². The molecule has 0 aliphatic heterocycles. The molecule has 1 heterocycles. The standard InChI is InChI=1S/C21H22BrFN4O4S/c1-4-30-18-10-16(17(22)11-19(18)31-5-2)20(12-26(28)29)32-21-25-24-13(3)27(21)15-8-6-14(23)7-9-15/h6-11,20H,4-5,12H2,1-3H3/t20-/m0/s1. The second-order valence-electron chi connectivity index (χ2n) is 6.65. The molecule has 1 aromatic heterocycles. The third-order valence-corrected chi connectivity index (χ3v) is 6.30. The lowest BCUT2D eigenvalue weighted by Gasteiger charge is -2.19. The lowest BCUT2D eigenvalue weighted by molar-refractivity contribution is -0.479. The summed E-state index contributed by atoms with van der Waals surface area (Å²) in [6.07, 6.45) is 0. The molecule has 0 bridgehead atoms. The summed E-state index contributed by atoms with van der Waals surface area (Å²) in [5.41, 5.74) is 1.34. The molecular formula is C21H22BrFN4O4S. The topological polar surface area (TPSA) is 92.3 Å². The van der Waals surface area contributed by atoms with Crippen LogP contribution >= 0.6 is 27.7 Å². The Morgan fingerprint density at radius 1 is 1.16 bits per heavy atom. The number of benzene rings is 2. The fraction of sp³-hybridized carbons (Fsp3) is 0.333. The van der Waals surface area contributed by atoms with Crippen molar-refractivity contribution in [3.8, 4) is 17.2 Å². The zero-order valence-corrected chi connectivity index (χ0v) is 20.2. The maximum Gasteiger partial charge on any atom is 0.220 e. The zero-order chi connectivity index (χ0) is 23.3. The predicted octanol–water partition coefficient (Wildman–Crippen LogP) is 5.38. The first-order valence-corrected chi connectivity index (χ1v) is 11.6. The maximum atomic E-state index is 13.4. The first-order chi connectivity index (χ1) is 15.3. The number of ether oxygens (including phenoxy) is 2. The molecule has 0 saturated heterocycles. The fourth-order valence-electron chi connectivity index (χ4n) is 3.10. The summed E-state index contributed by atoms with van der Waals surface area (Å²) in [7, 11) is 0. The van der Waals surface area contributed by atoms with Crippen molar-refractivity contribution >= 4 is 27.7 Å². The van der Waals surface area contributed by atoms with Gasteiger partial charge in [-0.05, 0) is 62.7 Å². The minimum Gasteiger partial charge on any atom is -0.490 e. The third kappa shape index (κ3) is 5.57. The Hall–Kier alpha value is -2.66. The highest BCUT2D eigenvalue weighted by atomic mass is 79.9. The van der Waals surface area contributed by atoms with Crippen molar-refractivity contribution in [1.82, 2.24) is 14.8 Å². The van der Waals surface area contributed by atoms with Crippen LogP contribution in [-0.4, -0.2) is 39.4 Å². The van der Waals surface area contributed by atoms with Gasteiger partial charge in [0.2, 0.25) is 6.54 Å². The first-order valence-electron chi connectivity index (χ1n) is 9.89. The quantitative estimate of drug-likeness (QED) is 0.199. The molecule has 3 aromatic rings. The summed E-state index contributed by atoms with van der Waals surface area (Å²) in [6.45, 7) is 6.02. The molecule has 8 nitrogen and oxygen atoms in total. The molecule has 11 heteroatoms. The van der Waals surface area contributed by atoms with Gasteiger partial charge in [-0.25, -0.2) is 4.39 Å². The Kier molecular flexibility index (Phi) is 8.08. The van der Waals surface area contributed by atoms with E-state index in [1.807, 2.05) is 13.8 Å². The average Bonchev–Trinajstić information content (AvgIpc) is 3.10. The third-order valence-electron chi connectivity index (χ3n) is 4.45. The van der Waals surface area contributed by atoms with Crippen molar-refractivity contribution in [2.75, 3.05) is 19.8 Å². The number of thioether (sulfide) groups is 1. The van der Waals surface area contributed by atoms with Crippen LogP contribution in [0, 0.1) is 22.9 Å². The molecule has 3 rings (SSSR count). The Bertz CT molecular complexity index is 1090. The smallest absolute Gasteiger partial charge is 0.220 e. The van der Waals surface area contributed by atoms with E-state index in [4.69, 9.17) is 9.47 Å². The number of hydrogen-bond donors (Lipinski definition) is 0. The molecule has 2 aromatic carbocycles. The molecule has 1 atom stereocenters. The van der Waals surface area contributed by atoms with E-state index in [2.05, 4.69) is 26.1 Å². The normalized spacial score (nSPS) is 11.9. The molecule has 170 valence electrons. The van der Waals surface area contributed by atoms with Crippen LogP contribution in [0.4, 0.5) is 4.39 Å². The number of hydrogen-bond acceptors (Lipinski definition) is 7. The monoisotopic (exact) mass is 524 g/mol. The first kappa shape index (κ1) is 24.0. The summed E-state index contributed by atoms with van der Waals surface area (Å²) in [6, 6.07) is 9.42. The van der Waals surface area contributed by atoms with Gasteiger partial charge in [0.1, 0.15) is 16.9 Å². The van der Waals surface area contributed by atoms with Gasteiger partial charge in [0.05, 0.1) is 13.2 Å². The van der Waals surface area contributed by atoms with Crippen LogP contribution in [0.15, 0.2) is 46.0 Å². The number of nitrogens with zero attached hydrogens (tertiary/aromatic N) is 4. The van der Waals surface area contributed by atoms with E-state index in [1.54, 1.807) is 35.8 Å². The van der Waals surface area contributed by atoms with Crippen molar-refractivity contribution in [2.45, 2.75) is 31.2 Å². The highest BCUT2D eigenvalue weighted by Crippen LogP contribution is 2.43. The van der Waals surface area contributed by atoms with Crippen molar-refractivity contribution < 1.29 is 18.8 Å². The largest absolute Gasteiger partial charge is 0.490 e. The van der Waals surface area contributed by atoms with Gasteiger partial charge in [0, 0.05) is 15.1 Å². The van der Waals surface area contributed by atoms with Crippen LogP contribution in [0.5, 0.6) is 11.5 Å². The summed E-state index contributed by atoms with van der Waals surface area (Å²) in [4.78, 5) is 11.1. The molecule has 0 amide bonds. The van der Waals surface area contributed by atoms with Crippen LogP contribution < -0.4 is 9.47 Å². The molecule has 32 heavy (non-hydrogen) atoms. The minimum atomic E-state index is -0.600. The van der Waals surface area contributed by atoms with E-state index in [0.717, 1.165) is 0 Å². The van der Waals surface area contributed by atoms with E-state index in [1.165, 1.54) is 23.9 Å². The number of aryl methyl sites for hydroxylation is 1. The van der Waals surface area contributed by atoms with Crippen LogP contribution in [0.1, 0.15) is 30.5 Å². The van der Waals surface area contributed by atoms with Gasteiger partial charge in [-0.1, -0.05) is 27.7 Å². The van der Waals surface area contributed by atoms with Gasteiger partial charge in [0.25, 0.3) is 0 Å². The second kappa shape index (κ2) is 10.8. The van der Waals surface area contributed by atoms with E-state index in [9.17, 15) is 14.5 Å². The number of aromatic nitrogens is 3. The van der Waals surface area contributed by atoms with Gasteiger partial charge in [-0.2, -0.15) is 0 Å². The van der Waals surface area contributed by atoms with Crippen LogP contribution in [0.25, 0.3) is 5.69 Å². The molecule has 0 aliphatic carbocycles. The molecule has 0 aliphatic rings. The molecule has 0 saturated carbocycles. The van der Waals surface area contributed by atoms with Gasteiger partial charge in [-0.15, -0.1) is 10.2 Å². The summed E-state index contributed by atoms with van der Waals surface area (Å²) < 4.78 is 27.1. The number of rotatable bonds is 10. The van der Waals surface area contributed by atoms with Gasteiger partial charge in [0.15, 0.2) is 16.7 Å². The molecule has 0 N–H and O–H groups in total. The summed E-state index contributed by atoms with van der Waals surface area (Å²) in [5, 5.41) is 19.7.